The van der Waals surface area contributed by atoms with E-state index in [9.17, 15) is 0 Å². The highest BCUT2D eigenvalue weighted by Gasteiger charge is 2.10. The van der Waals surface area contributed by atoms with Gasteiger partial charge in [0, 0.05) is 31.4 Å². The summed E-state index contributed by atoms with van der Waals surface area (Å²) >= 11 is 0. The molecule has 1 aromatic carbocycles. The van der Waals surface area contributed by atoms with Crippen molar-refractivity contribution in [2.24, 2.45) is 0 Å². The van der Waals surface area contributed by atoms with Crippen LogP contribution in [0.15, 0.2) is 42.7 Å². The molecule has 0 amide bonds. The Morgan fingerprint density at radius 2 is 2.17 bits per heavy atom. The molecule has 0 saturated carbocycles. The van der Waals surface area contributed by atoms with E-state index in [4.69, 9.17) is 9.72 Å². The fraction of sp³-hybridized carbons (Fsp3) is 0.333. The highest BCUT2D eigenvalue weighted by Crippen LogP contribution is 2.27. The van der Waals surface area contributed by atoms with Gasteiger partial charge in [0.25, 0.3) is 0 Å². The molecular weight excluding hydrogens is 302 g/mol. The molecule has 0 atom stereocenters. The molecule has 0 fully saturated rings. The van der Waals surface area contributed by atoms with E-state index >= 15 is 0 Å². The van der Waals surface area contributed by atoms with Crippen molar-refractivity contribution < 1.29 is 4.74 Å². The Labute approximate surface area is 141 Å². The molecule has 24 heavy (non-hydrogen) atoms. The van der Waals surface area contributed by atoms with Crippen LogP contribution in [0.3, 0.4) is 0 Å². The first kappa shape index (κ1) is 15.0. The summed E-state index contributed by atoms with van der Waals surface area (Å²) in [6.45, 7) is 3.56. The van der Waals surface area contributed by atoms with Crippen molar-refractivity contribution in [1.82, 2.24) is 19.5 Å². The maximum atomic E-state index is 5.91. The van der Waals surface area contributed by atoms with E-state index in [1.165, 1.54) is 0 Å². The lowest BCUT2D eigenvalue weighted by Crippen LogP contribution is -2.27. The number of ether oxygens (including phenoxy) is 1. The van der Waals surface area contributed by atoms with Crippen molar-refractivity contribution >= 4 is 11.5 Å². The van der Waals surface area contributed by atoms with Crippen LogP contribution in [-0.4, -0.2) is 52.8 Å². The number of rotatable bonds is 0. The molecule has 124 valence electrons. The highest BCUT2D eigenvalue weighted by molar-refractivity contribution is 5.78. The normalized spacial score (nSPS) is 16.2. The Morgan fingerprint density at radius 3 is 3.12 bits per heavy atom. The number of fused-ring (bicyclic) bond motifs is 4. The SMILES string of the molecule is CN1CCCOc2cccc(c2)-c2cnn3ccc(nc23)NCC1. The lowest BCUT2D eigenvalue weighted by molar-refractivity contribution is 0.267. The Morgan fingerprint density at radius 1 is 1.21 bits per heavy atom. The van der Waals surface area contributed by atoms with Gasteiger partial charge in [0.2, 0.25) is 0 Å². The van der Waals surface area contributed by atoms with Gasteiger partial charge >= 0.3 is 0 Å². The number of hydrogen-bond donors (Lipinski definition) is 1. The van der Waals surface area contributed by atoms with E-state index in [0.29, 0.717) is 0 Å². The standard InChI is InChI=1S/C18H21N5O/c1-22-8-3-11-24-15-5-2-4-14(12-15)16-13-20-23-9-6-17(19-7-10-22)21-18(16)23/h2,4-6,9,12-13H,3,7-8,10-11H2,1H3,(H,19,21). The zero-order valence-electron chi connectivity index (χ0n) is 13.8. The number of likely N-dealkylation sites (N-methyl/N-ethyl adjacent to an activating group) is 1. The van der Waals surface area contributed by atoms with Crippen LogP contribution >= 0.6 is 0 Å². The molecule has 0 unspecified atom stereocenters. The quantitative estimate of drug-likeness (QED) is 0.689. The largest absolute Gasteiger partial charge is 0.494 e. The van der Waals surface area contributed by atoms with Crippen molar-refractivity contribution in [3.63, 3.8) is 0 Å². The van der Waals surface area contributed by atoms with Gasteiger partial charge in [-0.05, 0) is 37.2 Å². The molecule has 2 aromatic heterocycles. The maximum absolute atomic E-state index is 5.91. The number of nitrogens with one attached hydrogen (secondary N) is 1. The molecule has 3 heterocycles. The summed E-state index contributed by atoms with van der Waals surface area (Å²) in [5, 5.41) is 7.81. The van der Waals surface area contributed by atoms with Crippen molar-refractivity contribution in [3.05, 3.63) is 42.7 Å². The zero-order chi connectivity index (χ0) is 16.4. The van der Waals surface area contributed by atoms with Crippen LogP contribution in [0, 0.1) is 0 Å². The van der Waals surface area contributed by atoms with E-state index in [1.807, 2.05) is 30.6 Å². The molecular formula is C18H21N5O. The van der Waals surface area contributed by atoms with E-state index in [1.54, 1.807) is 4.52 Å². The Kier molecular flexibility index (Phi) is 4.04. The molecule has 4 rings (SSSR count). The third-order valence-corrected chi connectivity index (χ3v) is 4.27. The predicted octanol–water partition coefficient (Wildman–Crippen LogP) is 2.52. The lowest BCUT2D eigenvalue weighted by atomic mass is 10.1. The number of aromatic nitrogens is 3. The molecule has 6 heteroatoms. The van der Waals surface area contributed by atoms with E-state index in [2.05, 4.69) is 34.5 Å². The Balaban J connectivity index is 1.76. The summed E-state index contributed by atoms with van der Waals surface area (Å²) < 4.78 is 7.71. The molecule has 0 radical (unpaired) electrons. The number of anilines is 1. The first-order valence-electron chi connectivity index (χ1n) is 8.30. The first-order chi connectivity index (χ1) is 11.8. The highest BCUT2D eigenvalue weighted by atomic mass is 16.5. The van der Waals surface area contributed by atoms with E-state index in [-0.39, 0.29) is 0 Å². The number of nitrogens with zero attached hydrogens (tertiary/aromatic N) is 4. The Bertz CT molecular complexity index is 844. The molecule has 0 spiro atoms. The van der Waals surface area contributed by atoms with Gasteiger partial charge in [-0.3, -0.25) is 0 Å². The smallest absolute Gasteiger partial charge is 0.165 e. The third-order valence-electron chi connectivity index (χ3n) is 4.27. The third kappa shape index (κ3) is 3.05. The van der Waals surface area contributed by atoms with Gasteiger partial charge < -0.3 is 15.0 Å². The first-order valence-corrected chi connectivity index (χ1v) is 8.30. The van der Waals surface area contributed by atoms with Crippen molar-refractivity contribution in [2.45, 2.75) is 6.42 Å². The topological polar surface area (TPSA) is 54.7 Å². The minimum atomic E-state index is 0.719. The van der Waals surface area contributed by atoms with Crippen molar-refractivity contribution in [2.75, 3.05) is 38.6 Å². The summed E-state index contributed by atoms with van der Waals surface area (Å²) in [6.07, 6.45) is 4.80. The molecule has 0 aliphatic carbocycles. The monoisotopic (exact) mass is 323 g/mol. The fourth-order valence-electron chi connectivity index (χ4n) is 2.94. The van der Waals surface area contributed by atoms with E-state index in [0.717, 1.165) is 61.0 Å². The van der Waals surface area contributed by atoms with Gasteiger partial charge in [-0.1, -0.05) is 12.1 Å². The molecule has 0 saturated heterocycles. The van der Waals surface area contributed by atoms with Gasteiger partial charge in [-0.2, -0.15) is 5.10 Å². The average Bonchev–Trinajstić information content (AvgIpc) is 3.01. The summed E-state index contributed by atoms with van der Waals surface area (Å²) in [7, 11) is 2.13. The lowest BCUT2D eigenvalue weighted by Gasteiger charge is -2.17. The van der Waals surface area contributed by atoms with Gasteiger partial charge in [0.15, 0.2) is 5.65 Å². The Hall–Kier alpha value is -2.60. The molecule has 1 aliphatic rings. The maximum Gasteiger partial charge on any atom is 0.165 e. The predicted molar refractivity (Wildman–Crippen MR) is 94.5 cm³/mol. The van der Waals surface area contributed by atoms with Gasteiger partial charge in [0.05, 0.1) is 12.8 Å². The van der Waals surface area contributed by atoms with Crippen LogP contribution in [0.4, 0.5) is 5.82 Å². The molecule has 1 aliphatic heterocycles. The minimum absolute atomic E-state index is 0.719. The van der Waals surface area contributed by atoms with Gasteiger partial charge in [-0.25, -0.2) is 9.50 Å². The average molecular weight is 323 g/mol. The van der Waals surface area contributed by atoms with E-state index < -0.39 is 0 Å². The van der Waals surface area contributed by atoms with Crippen LogP contribution in [0.1, 0.15) is 6.42 Å². The molecule has 3 aromatic rings. The second kappa shape index (κ2) is 6.49. The van der Waals surface area contributed by atoms with Crippen molar-refractivity contribution in [3.8, 4) is 16.9 Å². The zero-order valence-corrected chi connectivity index (χ0v) is 13.8. The fourth-order valence-corrected chi connectivity index (χ4v) is 2.94. The summed E-state index contributed by atoms with van der Waals surface area (Å²) in [5.74, 6) is 1.76. The van der Waals surface area contributed by atoms with Crippen LogP contribution in [0.25, 0.3) is 16.8 Å². The molecule has 1 N–H and O–H groups in total. The summed E-state index contributed by atoms with van der Waals surface area (Å²) in [5.41, 5.74) is 2.93. The summed E-state index contributed by atoms with van der Waals surface area (Å²) in [6, 6.07) is 10.1. The second-order valence-corrected chi connectivity index (χ2v) is 6.10. The second-order valence-electron chi connectivity index (χ2n) is 6.10. The van der Waals surface area contributed by atoms with Gasteiger partial charge in [-0.15, -0.1) is 0 Å². The molecule has 4 bridgehead atoms. The van der Waals surface area contributed by atoms with Gasteiger partial charge in [0.1, 0.15) is 11.6 Å². The van der Waals surface area contributed by atoms with Crippen LogP contribution in [0.5, 0.6) is 5.75 Å². The van der Waals surface area contributed by atoms with Crippen molar-refractivity contribution in [1.29, 1.82) is 0 Å². The number of benzene rings is 1. The summed E-state index contributed by atoms with van der Waals surface area (Å²) in [4.78, 5) is 7.04. The van der Waals surface area contributed by atoms with Crippen LogP contribution < -0.4 is 10.1 Å². The van der Waals surface area contributed by atoms with Crippen LogP contribution in [-0.2, 0) is 0 Å². The minimum Gasteiger partial charge on any atom is -0.494 e. The number of hydrogen-bond acceptors (Lipinski definition) is 5. The van der Waals surface area contributed by atoms with Crippen LogP contribution in [0.2, 0.25) is 0 Å². The molecule has 6 nitrogen and oxygen atoms in total.